The Labute approximate surface area is 121 Å². The summed E-state index contributed by atoms with van der Waals surface area (Å²) in [6.07, 6.45) is 28.0. The molecule has 0 nitrogen and oxygen atoms in total. The normalized spacial score (nSPS) is 12.3. The molecule has 0 atom stereocenters. The molecule has 0 rings (SSSR count). The minimum Gasteiger partial charge on any atom is -0.0882 e. The van der Waals surface area contributed by atoms with E-state index < -0.39 is 0 Å². The van der Waals surface area contributed by atoms with Crippen molar-refractivity contribution in [3.8, 4) is 0 Å². The first-order chi connectivity index (χ1) is 9.41. The molecule has 0 heterocycles. The number of allylic oxidation sites excluding steroid dienone is 6. The van der Waals surface area contributed by atoms with Gasteiger partial charge in [0.1, 0.15) is 0 Å². The molecule has 0 aliphatic heterocycles. The topological polar surface area (TPSA) is 0 Å². The first kappa shape index (κ1) is 18.2. The molecule has 0 N–H and O–H groups in total. The molecule has 19 heavy (non-hydrogen) atoms. The van der Waals surface area contributed by atoms with Crippen LogP contribution < -0.4 is 0 Å². The van der Waals surface area contributed by atoms with Gasteiger partial charge in [-0.1, -0.05) is 82.4 Å². The Morgan fingerprint density at radius 3 is 1.42 bits per heavy atom. The highest BCUT2D eigenvalue weighted by Gasteiger charge is 1.83. The highest BCUT2D eigenvalue weighted by molar-refractivity contribution is 4.97. The van der Waals surface area contributed by atoms with Gasteiger partial charge in [-0.15, -0.1) is 0 Å². The van der Waals surface area contributed by atoms with Crippen LogP contribution in [0, 0.1) is 0 Å². The van der Waals surface area contributed by atoms with Crippen LogP contribution in [0.2, 0.25) is 0 Å². The van der Waals surface area contributed by atoms with E-state index in [0.717, 1.165) is 12.8 Å². The smallest absolute Gasteiger partial charge is 0.0169 e. The Kier molecular flexibility index (Phi) is 16.5. The van der Waals surface area contributed by atoms with Crippen LogP contribution in [-0.4, -0.2) is 0 Å². The summed E-state index contributed by atoms with van der Waals surface area (Å²) in [6.45, 7) is 4.52. The van der Waals surface area contributed by atoms with Crippen molar-refractivity contribution in [2.24, 2.45) is 0 Å². The average molecular weight is 262 g/mol. The van der Waals surface area contributed by atoms with Crippen molar-refractivity contribution in [1.29, 1.82) is 0 Å². The lowest BCUT2D eigenvalue weighted by Gasteiger charge is -1.93. The zero-order valence-corrected chi connectivity index (χ0v) is 13.2. The SMILES string of the molecule is CCCCC/C=C\C/C=C\C/C=C\CCCCCC. The van der Waals surface area contributed by atoms with Crippen molar-refractivity contribution in [2.75, 3.05) is 0 Å². The van der Waals surface area contributed by atoms with Crippen molar-refractivity contribution in [2.45, 2.75) is 84.5 Å². The Hall–Kier alpha value is -0.780. The molecule has 0 aromatic carbocycles. The molecule has 0 spiro atoms. The summed E-state index contributed by atoms with van der Waals surface area (Å²) in [6, 6.07) is 0. The summed E-state index contributed by atoms with van der Waals surface area (Å²) >= 11 is 0. The number of rotatable bonds is 13. The summed E-state index contributed by atoms with van der Waals surface area (Å²) in [5.41, 5.74) is 0. The molecule has 0 unspecified atom stereocenters. The molecule has 0 aromatic rings. The van der Waals surface area contributed by atoms with E-state index in [1.54, 1.807) is 0 Å². The molecule has 0 bridgehead atoms. The van der Waals surface area contributed by atoms with Crippen molar-refractivity contribution in [1.82, 2.24) is 0 Å². The molecule has 0 aliphatic carbocycles. The quantitative estimate of drug-likeness (QED) is 0.248. The van der Waals surface area contributed by atoms with Crippen LogP contribution in [0.1, 0.15) is 84.5 Å². The Bertz CT molecular complexity index is 232. The molecule has 0 amide bonds. The van der Waals surface area contributed by atoms with E-state index in [0.29, 0.717) is 0 Å². The largest absolute Gasteiger partial charge is 0.0882 e. The fraction of sp³-hybridized carbons (Fsp3) is 0.684. The van der Waals surface area contributed by atoms with Crippen LogP contribution >= 0.6 is 0 Å². The average Bonchev–Trinajstić information content (AvgIpc) is 2.43. The van der Waals surface area contributed by atoms with E-state index in [1.165, 1.54) is 57.8 Å². The maximum atomic E-state index is 2.33. The molecule has 0 aromatic heterocycles. The molecular formula is C19H34. The molecule has 110 valence electrons. The summed E-state index contributed by atoms with van der Waals surface area (Å²) in [5.74, 6) is 0. The number of unbranched alkanes of at least 4 members (excludes halogenated alkanes) is 7. The summed E-state index contributed by atoms with van der Waals surface area (Å²) in [5, 5.41) is 0. The van der Waals surface area contributed by atoms with Gasteiger partial charge in [0.15, 0.2) is 0 Å². The first-order valence-corrected chi connectivity index (χ1v) is 8.36. The maximum absolute atomic E-state index is 2.33. The fourth-order valence-corrected chi connectivity index (χ4v) is 1.98. The molecule has 0 radical (unpaired) electrons. The van der Waals surface area contributed by atoms with E-state index >= 15 is 0 Å². The monoisotopic (exact) mass is 262 g/mol. The minimum absolute atomic E-state index is 1.09. The standard InChI is InChI=1S/C19H34/c1-3-5-7-9-11-13-15-17-19-18-16-14-12-10-8-6-4-2/h11,13-14,16-17,19H,3-10,12,15,18H2,1-2H3/b13-11-,16-14-,19-17-. The zero-order chi connectivity index (χ0) is 14.0. The van der Waals surface area contributed by atoms with Crippen molar-refractivity contribution in [3.63, 3.8) is 0 Å². The number of hydrogen-bond donors (Lipinski definition) is 0. The third kappa shape index (κ3) is 17.2. The van der Waals surface area contributed by atoms with Gasteiger partial charge in [-0.05, 0) is 38.5 Å². The Balaban J connectivity index is 3.26. The van der Waals surface area contributed by atoms with Crippen molar-refractivity contribution < 1.29 is 0 Å². The molecular weight excluding hydrogens is 228 g/mol. The number of hydrogen-bond acceptors (Lipinski definition) is 0. The lowest BCUT2D eigenvalue weighted by molar-refractivity contribution is 0.674. The lowest BCUT2D eigenvalue weighted by atomic mass is 10.1. The van der Waals surface area contributed by atoms with E-state index in [-0.39, 0.29) is 0 Å². The van der Waals surface area contributed by atoms with Crippen LogP contribution in [0.3, 0.4) is 0 Å². The third-order valence-corrected chi connectivity index (χ3v) is 3.24. The Morgan fingerprint density at radius 1 is 0.474 bits per heavy atom. The van der Waals surface area contributed by atoms with Gasteiger partial charge in [0, 0.05) is 0 Å². The van der Waals surface area contributed by atoms with E-state index in [2.05, 4.69) is 50.3 Å². The van der Waals surface area contributed by atoms with Crippen LogP contribution in [-0.2, 0) is 0 Å². The van der Waals surface area contributed by atoms with Gasteiger partial charge in [0.05, 0.1) is 0 Å². The second-order valence-electron chi connectivity index (χ2n) is 5.23. The Morgan fingerprint density at radius 2 is 0.895 bits per heavy atom. The van der Waals surface area contributed by atoms with Crippen molar-refractivity contribution in [3.05, 3.63) is 36.5 Å². The zero-order valence-electron chi connectivity index (χ0n) is 13.2. The predicted octanol–water partition coefficient (Wildman–Crippen LogP) is 6.99. The van der Waals surface area contributed by atoms with E-state index in [4.69, 9.17) is 0 Å². The molecule has 0 fully saturated rings. The van der Waals surface area contributed by atoms with Gasteiger partial charge in [0.25, 0.3) is 0 Å². The van der Waals surface area contributed by atoms with Crippen LogP contribution in [0.25, 0.3) is 0 Å². The maximum Gasteiger partial charge on any atom is -0.0169 e. The molecule has 0 heteroatoms. The summed E-state index contributed by atoms with van der Waals surface area (Å²) < 4.78 is 0. The lowest BCUT2D eigenvalue weighted by Crippen LogP contribution is -1.73. The third-order valence-electron chi connectivity index (χ3n) is 3.24. The van der Waals surface area contributed by atoms with Crippen molar-refractivity contribution >= 4 is 0 Å². The molecule has 0 aliphatic rings. The van der Waals surface area contributed by atoms with E-state index in [9.17, 15) is 0 Å². The second-order valence-corrected chi connectivity index (χ2v) is 5.23. The van der Waals surface area contributed by atoms with Gasteiger partial charge in [-0.2, -0.15) is 0 Å². The molecule has 0 saturated heterocycles. The minimum atomic E-state index is 1.09. The second kappa shape index (κ2) is 17.2. The predicted molar refractivity (Wildman–Crippen MR) is 89.6 cm³/mol. The van der Waals surface area contributed by atoms with E-state index in [1.807, 2.05) is 0 Å². The van der Waals surface area contributed by atoms with Gasteiger partial charge in [-0.25, -0.2) is 0 Å². The summed E-state index contributed by atoms with van der Waals surface area (Å²) in [7, 11) is 0. The van der Waals surface area contributed by atoms with Gasteiger partial charge in [-0.3, -0.25) is 0 Å². The fourth-order valence-electron chi connectivity index (χ4n) is 1.98. The van der Waals surface area contributed by atoms with Gasteiger partial charge >= 0.3 is 0 Å². The highest BCUT2D eigenvalue weighted by Crippen LogP contribution is 2.03. The summed E-state index contributed by atoms with van der Waals surface area (Å²) in [4.78, 5) is 0. The van der Waals surface area contributed by atoms with Gasteiger partial charge in [0.2, 0.25) is 0 Å². The first-order valence-electron chi connectivity index (χ1n) is 8.36. The van der Waals surface area contributed by atoms with Gasteiger partial charge < -0.3 is 0 Å². The molecule has 0 saturated carbocycles. The van der Waals surface area contributed by atoms with Crippen LogP contribution in [0.5, 0.6) is 0 Å². The van der Waals surface area contributed by atoms with Crippen LogP contribution in [0.4, 0.5) is 0 Å². The highest BCUT2D eigenvalue weighted by atomic mass is 13.9. The van der Waals surface area contributed by atoms with Crippen LogP contribution in [0.15, 0.2) is 36.5 Å².